The summed E-state index contributed by atoms with van der Waals surface area (Å²) >= 11 is 1.68. The van der Waals surface area contributed by atoms with Gasteiger partial charge in [0.1, 0.15) is 28.8 Å². The van der Waals surface area contributed by atoms with Crippen LogP contribution >= 0.6 is 23.0 Å². The Hall–Kier alpha value is 0.320. The first-order chi connectivity index (χ1) is 5.65. The zero-order valence-electron chi connectivity index (χ0n) is 7.00. The molecule has 0 unspecified atom stereocenters. The Labute approximate surface area is 86.2 Å². The van der Waals surface area contributed by atoms with Gasteiger partial charge < -0.3 is 5.11 Å². The fraction of sp³-hybridized carbons (Fsp3) is 0.875. The topological polar surface area (TPSA) is 46.5 Å². The molecule has 3 atom stereocenters. The number of carbonyl (C=O) groups is 1. The number of hydrogen-bond donors (Lipinski definition) is 1. The standard InChI is InChI=1S/C8H13IO3/c1-5-6(2-3-7(5)10)4-8(11)12-9/h5-6,8,11H,2-4H2,1H3/t5-,6-,8+/m0/s1. The van der Waals surface area contributed by atoms with E-state index in [1.165, 1.54) is 0 Å². The largest absolute Gasteiger partial charge is 0.367 e. The van der Waals surface area contributed by atoms with Crippen molar-refractivity contribution in [3.8, 4) is 0 Å². The minimum Gasteiger partial charge on any atom is -0.367 e. The Morgan fingerprint density at radius 2 is 2.50 bits per heavy atom. The van der Waals surface area contributed by atoms with Gasteiger partial charge in [0.25, 0.3) is 0 Å². The molecule has 0 radical (unpaired) electrons. The molecule has 12 heavy (non-hydrogen) atoms. The van der Waals surface area contributed by atoms with E-state index in [0.29, 0.717) is 24.5 Å². The number of ketones is 1. The molecule has 0 aromatic rings. The van der Waals surface area contributed by atoms with E-state index in [0.717, 1.165) is 6.42 Å². The number of carbonyl (C=O) groups excluding carboxylic acids is 1. The van der Waals surface area contributed by atoms with Gasteiger partial charge in [0.05, 0.1) is 0 Å². The lowest BCUT2D eigenvalue weighted by Crippen LogP contribution is -2.17. The third-order valence-electron chi connectivity index (χ3n) is 2.58. The summed E-state index contributed by atoms with van der Waals surface area (Å²) in [4.78, 5) is 11.1. The molecule has 0 aliphatic heterocycles. The zero-order chi connectivity index (χ0) is 9.14. The maximum Gasteiger partial charge on any atom is 0.166 e. The highest BCUT2D eigenvalue weighted by Gasteiger charge is 2.32. The Morgan fingerprint density at radius 1 is 1.83 bits per heavy atom. The molecule has 1 saturated carbocycles. The Morgan fingerprint density at radius 3 is 2.92 bits per heavy atom. The lowest BCUT2D eigenvalue weighted by molar-refractivity contribution is -0.121. The van der Waals surface area contributed by atoms with E-state index >= 15 is 0 Å². The van der Waals surface area contributed by atoms with Gasteiger partial charge in [0.2, 0.25) is 0 Å². The van der Waals surface area contributed by atoms with Crippen LogP contribution in [0.15, 0.2) is 0 Å². The van der Waals surface area contributed by atoms with Crippen molar-refractivity contribution in [3.63, 3.8) is 0 Å². The van der Waals surface area contributed by atoms with Gasteiger partial charge in [-0.3, -0.25) is 7.86 Å². The second-order valence-corrected chi connectivity index (χ2v) is 3.84. The monoisotopic (exact) mass is 284 g/mol. The van der Waals surface area contributed by atoms with Crippen LogP contribution in [-0.2, 0) is 7.86 Å². The summed E-state index contributed by atoms with van der Waals surface area (Å²) in [6.45, 7) is 1.93. The van der Waals surface area contributed by atoms with Crippen LogP contribution in [0, 0.1) is 11.8 Å². The van der Waals surface area contributed by atoms with Crippen molar-refractivity contribution >= 4 is 28.8 Å². The number of aliphatic hydroxyl groups excluding tert-OH is 1. The van der Waals surface area contributed by atoms with Crippen molar-refractivity contribution in [2.75, 3.05) is 0 Å². The number of rotatable bonds is 3. The smallest absolute Gasteiger partial charge is 0.166 e. The van der Waals surface area contributed by atoms with Crippen LogP contribution in [0.4, 0.5) is 0 Å². The third-order valence-corrected chi connectivity index (χ3v) is 3.17. The van der Waals surface area contributed by atoms with Gasteiger partial charge in [0, 0.05) is 18.8 Å². The van der Waals surface area contributed by atoms with Crippen LogP contribution < -0.4 is 0 Å². The summed E-state index contributed by atoms with van der Waals surface area (Å²) in [5, 5.41) is 9.18. The average Bonchev–Trinajstić information content (AvgIpc) is 2.36. The predicted molar refractivity (Wildman–Crippen MR) is 52.6 cm³/mol. The summed E-state index contributed by atoms with van der Waals surface area (Å²) < 4.78 is 4.71. The lowest BCUT2D eigenvalue weighted by Gasteiger charge is -2.15. The highest BCUT2D eigenvalue weighted by molar-refractivity contribution is 14.1. The zero-order valence-corrected chi connectivity index (χ0v) is 9.15. The lowest BCUT2D eigenvalue weighted by atomic mass is 9.94. The summed E-state index contributed by atoms with van der Waals surface area (Å²) in [6, 6.07) is 0. The minimum absolute atomic E-state index is 0.103. The molecule has 0 heterocycles. The molecule has 0 aromatic carbocycles. The molecule has 4 heteroatoms. The van der Waals surface area contributed by atoms with Gasteiger partial charge in [-0.1, -0.05) is 6.92 Å². The molecule has 0 amide bonds. The van der Waals surface area contributed by atoms with Gasteiger partial charge in [-0.15, -0.1) is 0 Å². The Balaban J connectivity index is 2.38. The number of halogens is 1. The third kappa shape index (κ3) is 2.40. The average molecular weight is 284 g/mol. The fourth-order valence-electron chi connectivity index (χ4n) is 1.69. The van der Waals surface area contributed by atoms with Crippen molar-refractivity contribution in [3.05, 3.63) is 0 Å². The van der Waals surface area contributed by atoms with Crippen LogP contribution in [0.5, 0.6) is 0 Å². The second-order valence-electron chi connectivity index (χ2n) is 3.33. The molecule has 1 N–H and O–H groups in total. The minimum atomic E-state index is -0.719. The summed E-state index contributed by atoms with van der Waals surface area (Å²) in [6.07, 6.45) is 1.43. The van der Waals surface area contributed by atoms with E-state index in [1.807, 2.05) is 6.92 Å². The van der Waals surface area contributed by atoms with Gasteiger partial charge in [-0.05, 0) is 12.3 Å². The molecule has 0 spiro atoms. The van der Waals surface area contributed by atoms with E-state index in [1.54, 1.807) is 23.0 Å². The summed E-state index contributed by atoms with van der Waals surface area (Å²) in [7, 11) is 0. The van der Waals surface area contributed by atoms with Crippen molar-refractivity contribution in [1.82, 2.24) is 0 Å². The first kappa shape index (κ1) is 10.4. The maximum absolute atomic E-state index is 11.1. The van der Waals surface area contributed by atoms with Crippen molar-refractivity contribution in [2.45, 2.75) is 32.5 Å². The summed E-state index contributed by atoms with van der Waals surface area (Å²) in [5.74, 6) is 0.731. The van der Waals surface area contributed by atoms with E-state index < -0.39 is 6.29 Å². The molecule has 1 rings (SSSR count). The molecule has 70 valence electrons. The highest BCUT2D eigenvalue weighted by atomic mass is 127. The first-order valence-electron chi connectivity index (χ1n) is 4.13. The summed E-state index contributed by atoms with van der Waals surface area (Å²) in [5.41, 5.74) is 0. The van der Waals surface area contributed by atoms with Crippen LogP contribution in [0.2, 0.25) is 0 Å². The van der Waals surface area contributed by atoms with Gasteiger partial charge in [-0.2, -0.15) is 0 Å². The number of aliphatic hydroxyl groups is 1. The van der Waals surface area contributed by atoms with E-state index in [4.69, 9.17) is 3.07 Å². The quantitative estimate of drug-likeness (QED) is 0.633. The second kappa shape index (κ2) is 4.53. The Bertz CT molecular complexity index is 172. The SMILES string of the molecule is C[C@@H]1C(=O)CC[C@H]1C[C@H](O)OI. The maximum atomic E-state index is 11.1. The highest BCUT2D eigenvalue weighted by Crippen LogP contribution is 2.32. The van der Waals surface area contributed by atoms with Crippen molar-refractivity contribution in [1.29, 1.82) is 0 Å². The fourth-order valence-corrected chi connectivity index (χ4v) is 1.89. The molecule has 1 fully saturated rings. The molecular formula is C8H13IO3. The molecule has 1 aliphatic carbocycles. The van der Waals surface area contributed by atoms with Crippen molar-refractivity contribution < 1.29 is 13.0 Å². The van der Waals surface area contributed by atoms with Crippen LogP contribution in [0.3, 0.4) is 0 Å². The molecule has 3 nitrogen and oxygen atoms in total. The van der Waals surface area contributed by atoms with Crippen LogP contribution in [0.1, 0.15) is 26.2 Å². The molecule has 1 aliphatic rings. The van der Waals surface area contributed by atoms with Gasteiger partial charge in [0.15, 0.2) is 6.29 Å². The molecular weight excluding hydrogens is 271 g/mol. The molecule has 0 aromatic heterocycles. The Kier molecular flexibility index (Phi) is 3.92. The van der Waals surface area contributed by atoms with E-state index in [2.05, 4.69) is 0 Å². The van der Waals surface area contributed by atoms with Crippen molar-refractivity contribution in [2.24, 2.45) is 11.8 Å². The van der Waals surface area contributed by atoms with E-state index in [-0.39, 0.29) is 5.92 Å². The number of hydrogen-bond acceptors (Lipinski definition) is 3. The van der Waals surface area contributed by atoms with E-state index in [9.17, 15) is 9.90 Å². The van der Waals surface area contributed by atoms with Crippen LogP contribution in [0.25, 0.3) is 0 Å². The van der Waals surface area contributed by atoms with Crippen LogP contribution in [-0.4, -0.2) is 17.2 Å². The number of Topliss-reactive ketones (excluding diaryl/α,β-unsaturated/α-hetero) is 1. The van der Waals surface area contributed by atoms with Gasteiger partial charge >= 0.3 is 0 Å². The normalized spacial score (nSPS) is 32.4. The van der Waals surface area contributed by atoms with Gasteiger partial charge in [-0.25, -0.2) is 0 Å². The molecule has 0 bridgehead atoms. The predicted octanol–water partition coefficient (Wildman–Crippen LogP) is 1.68. The first-order valence-corrected chi connectivity index (χ1v) is 5.01. The molecule has 0 saturated heterocycles.